The molecule has 0 radical (unpaired) electrons. The molecule has 0 aliphatic carbocycles. The number of aryl methyl sites for hydroxylation is 2. The lowest BCUT2D eigenvalue weighted by Crippen LogP contribution is -2.35. The SMILES string of the molecule is Cc1nc(CN2CCCN(C(=O)c3ccn(C)c(=O)c3)CC2)cs1. The van der Waals surface area contributed by atoms with Crippen molar-refractivity contribution in [2.24, 2.45) is 7.05 Å². The molecule has 1 aliphatic rings. The lowest BCUT2D eigenvalue weighted by atomic mass is 10.2. The fourth-order valence-corrected chi connectivity index (χ4v) is 3.51. The van der Waals surface area contributed by atoms with Gasteiger partial charge in [-0.05, 0) is 19.4 Å². The molecule has 0 bridgehead atoms. The van der Waals surface area contributed by atoms with E-state index in [1.165, 1.54) is 10.6 Å². The molecular formula is C17H22N4O2S. The average molecular weight is 346 g/mol. The third-order valence-electron chi connectivity index (χ3n) is 4.28. The van der Waals surface area contributed by atoms with E-state index in [4.69, 9.17) is 0 Å². The number of rotatable bonds is 3. The standard InChI is InChI=1S/C17H22N4O2S/c1-13-18-15(12-24-13)11-20-5-3-6-21(9-8-20)17(23)14-4-7-19(2)16(22)10-14/h4,7,10,12H,3,5-6,8-9,11H2,1-2H3. The smallest absolute Gasteiger partial charge is 0.254 e. The molecule has 0 aromatic carbocycles. The van der Waals surface area contributed by atoms with Crippen molar-refractivity contribution in [3.05, 3.63) is 50.3 Å². The van der Waals surface area contributed by atoms with Gasteiger partial charge in [0, 0.05) is 63.0 Å². The molecule has 24 heavy (non-hydrogen) atoms. The molecule has 3 heterocycles. The number of carbonyl (C=O) groups is 1. The van der Waals surface area contributed by atoms with Crippen LogP contribution in [0.2, 0.25) is 0 Å². The Labute approximate surface area is 145 Å². The first kappa shape index (κ1) is 16.9. The zero-order valence-corrected chi connectivity index (χ0v) is 14.9. The van der Waals surface area contributed by atoms with Crippen LogP contribution in [-0.2, 0) is 13.6 Å². The topological polar surface area (TPSA) is 58.4 Å². The zero-order chi connectivity index (χ0) is 17.1. The van der Waals surface area contributed by atoms with E-state index in [0.717, 1.165) is 43.3 Å². The first-order valence-corrected chi connectivity index (χ1v) is 9.00. The molecule has 2 aromatic heterocycles. The van der Waals surface area contributed by atoms with Crippen molar-refractivity contribution in [2.45, 2.75) is 19.9 Å². The summed E-state index contributed by atoms with van der Waals surface area (Å²) in [6.07, 6.45) is 2.57. The maximum absolute atomic E-state index is 12.6. The van der Waals surface area contributed by atoms with E-state index in [9.17, 15) is 9.59 Å². The third-order valence-corrected chi connectivity index (χ3v) is 5.10. The van der Waals surface area contributed by atoms with Crippen molar-refractivity contribution >= 4 is 17.2 Å². The first-order valence-electron chi connectivity index (χ1n) is 8.12. The summed E-state index contributed by atoms with van der Waals surface area (Å²) in [7, 11) is 1.68. The van der Waals surface area contributed by atoms with E-state index in [1.54, 1.807) is 30.6 Å². The Morgan fingerprint density at radius 2 is 2.12 bits per heavy atom. The van der Waals surface area contributed by atoms with Crippen LogP contribution < -0.4 is 5.56 Å². The maximum Gasteiger partial charge on any atom is 0.254 e. The molecule has 3 rings (SSSR count). The summed E-state index contributed by atoms with van der Waals surface area (Å²) in [6, 6.07) is 3.13. The molecule has 0 unspecified atom stereocenters. The van der Waals surface area contributed by atoms with Gasteiger partial charge in [-0.1, -0.05) is 0 Å². The van der Waals surface area contributed by atoms with Gasteiger partial charge >= 0.3 is 0 Å². The van der Waals surface area contributed by atoms with Crippen molar-refractivity contribution in [3.63, 3.8) is 0 Å². The Balaban J connectivity index is 1.63. The lowest BCUT2D eigenvalue weighted by molar-refractivity contribution is 0.0760. The molecule has 128 valence electrons. The zero-order valence-electron chi connectivity index (χ0n) is 14.1. The van der Waals surface area contributed by atoms with Gasteiger partial charge in [0.05, 0.1) is 10.7 Å². The normalized spacial score (nSPS) is 16.2. The van der Waals surface area contributed by atoms with Crippen molar-refractivity contribution in [1.82, 2.24) is 19.4 Å². The Bertz CT molecular complexity index is 783. The van der Waals surface area contributed by atoms with Crippen LogP contribution in [-0.4, -0.2) is 51.4 Å². The summed E-state index contributed by atoms with van der Waals surface area (Å²) in [5.74, 6) is -0.0564. The van der Waals surface area contributed by atoms with Crippen LogP contribution in [0.1, 0.15) is 27.5 Å². The van der Waals surface area contributed by atoms with Crippen LogP contribution in [0.25, 0.3) is 0 Å². The van der Waals surface area contributed by atoms with Crippen LogP contribution in [0.3, 0.4) is 0 Å². The number of pyridine rings is 1. The van der Waals surface area contributed by atoms with Gasteiger partial charge in [0.1, 0.15) is 0 Å². The molecule has 1 saturated heterocycles. The average Bonchev–Trinajstić information content (AvgIpc) is 2.82. The quantitative estimate of drug-likeness (QED) is 0.845. The van der Waals surface area contributed by atoms with Gasteiger partial charge in [-0.2, -0.15) is 0 Å². The number of aromatic nitrogens is 2. The fourth-order valence-electron chi connectivity index (χ4n) is 2.91. The monoisotopic (exact) mass is 346 g/mol. The molecular weight excluding hydrogens is 324 g/mol. The van der Waals surface area contributed by atoms with E-state index < -0.39 is 0 Å². The minimum absolute atomic E-state index is 0.0564. The van der Waals surface area contributed by atoms with Gasteiger partial charge in [0.2, 0.25) is 0 Å². The molecule has 0 N–H and O–H groups in total. The summed E-state index contributed by atoms with van der Waals surface area (Å²) < 4.78 is 1.47. The predicted octanol–water partition coefficient (Wildman–Crippen LogP) is 1.50. The van der Waals surface area contributed by atoms with Gasteiger partial charge in [-0.3, -0.25) is 14.5 Å². The Morgan fingerprint density at radius 3 is 2.83 bits per heavy atom. The highest BCUT2D eigenvalue weighted by Gasteiger charge is 2.21. The minimum Gasteiger partial charge on any atom is -0.337 e. The van der Waals surface area contributed by atoms with Gasteiger partial charge < -0.3 is 9.47 Å². The van der Waals surface area contributed by atoms with E-state index in [-0.39, 0.29) is 11.5 Å². The molecule has 2 aromatic rings. The highest BCUT2D eigenvalue weighted by atomic mass is 32.1. The summed E-state index contributed by atoms with van der Waals surface area (Å²) >= 11 is 1.67. The fraction of sp³-hybridized carbons (Fsp3) is 0.471. The minimum atomic E-state index is -0.156. The van der Waals surface area contributed by atoms with Crippen LogP contribution in [0, 0.1) is 6.92 Å². The highest BCUT2D eigenvalue weighted by Crippen LogP contribution is 2.13. The lowest BCUT2D eigenvalue weighted by Gasteiger charge is -2.21. The molecule has 0 atom stereocenters. The second-order valence-corrected chi connectivity index (χ2v) is 7.21. The van der Waals surface area contributed by atoms with Crippen molar-refractivity contribution < 1.29 is 4.79 Å². The summed E-state index contributed by atoms with van der Waals surface area (Å²) in [6.45, 7) is 6.03. The third kappa shape index (κ3) is 3.91. The summed E-state index contributed by atoms with van der Waals surface area (Å²) in [5.41, 5.74) is 1.42. The van der Waals surface area contributed by atoms with Crippen LogP contribution in [0.4, 0.5) is 0 Å². The van der Waals surface area contributed by atoms with E-state index in [2.05, 4.69) is 15.3 Å². The largest absolute Gasteiger partial charge is 0.337 e. The number of carbonyl (C=O) groups excluding carboxylic acids is 1. The van der Waals surface area contributed by atoms with Gasteiger partial charge in [0.15, 0.2) is 0 Å². The number of thiazole rings is 1. The van der Waals surface area contributed by atoms with Gasteiger partial charge in [0.25, 0.3) is 11.5 Å². The van der Waals surface area contributed by atoms with Crippen LogP contribution >= 0.6 is 11.3 Å². The molecule has 6 nitrogen and oxygen atoms in total. The van der Waals surface area contributed by atoms with E-state index in [1.807, 2.05) is 11.8 Å². The van der Waals surface area contributed by atoms with Crippen molar-refractivity contribution in [3.8, 4) is 0 Å². The van der Waals surface area contributed by atoms with Gasteiger partial charge in [-0.15, -0.1) is 11.3 Å². The molecule has 7 heteroatoms. The van der Waals surface area contributed by atoms with Gasteiger partial charge in [-0.25, -0.2) is 4.98 Å². The maximum atomic E-state index is 12.6. The van der Waals surface area contributed by atoms with E-state index >= 15 is 0 Å². The summed E-state index contributed by atoms with van der Waals surface area (Å²) in [5, 5.41) is 3.19. The Hall–Kier alpha value is -1.99. The van der Waals surface area contributed by atoms with E-state index in [0.29, 0.717) is 12.1 Å². The van der Waals surface area contributed by atoms with Crippen LogP contribution in [0.15, 0.2) is 28.5 Å². The molecule has 0 spiro atoms. The molecule has 1 amide bonds. The number of amides is 1. The number of hydrogen-bond donors (Lipinski definition) is 0. The second kappa shape index (κ2) is 7.27. The number of hydrogen-bond acceptors (Lipinski definition) is 5. The molecule has 0 saturated carbocycles. The van der Waals surface area contributed by atoms with Crippen molar-refractivity contribution in [1.29, 1.82) is 0 Å². The number of nitrogens with zero attached hydrogens (tertiary/aromatic N) is 4. The van der Waals surface area contributed by atoms with Crippen molar-refractivity contribution in [2.75, 3.05) is 26.2 Å². The molecule has 1 aliphatic heterocycles. The first-order chi connectivity index (χ1) is 11.5. The van der Waals surface area contributed by atoms with Crippen LogP contribution in [0.5, 0.6) is 0 Å². The molecule has 1 fully saturated rings. The second-order valence-electron chi connectivity index (χ2n) is 6.14. The predicted molar refractivity (Wildman–Crippen MR) is 94.3 cm³/mol. The Morgan fingerprint density at radius 1 is 1.29 bits per heavy atom. The Kier molecular flexibility index (Phi) is 5.11. The highest BCUT2D eigenvalue weighted by molar-refractivity contribution is 7.09. The summed E-state index contributed by atoms with van der Waals surface area (Å²) in [4.78, 5) is 33.1.